The largest absolute Gasteiger partial charge is 0.488 e. The number of hydrogen-bond donors (Lipinski definition) is 2. The zero-order valence-electron chi connectivity index (χ0n) is 23.7. The Kier molecular flexibility index (Phi) is 7.29. The van der Waals surface area contributed by atoms with E-state index in [1.165, 1.54) is 44.1 Å². The summed E-state index contributed by atoms with van der Waals surface area (Å²) in [6.45, 7) is 14.1. The molecule has 9 atom stereocenters. The number of hydrogen-bond acceptors (Lipinski definition) is 3. The van der Waals surface area contributed by atoms with Crippen molar-refractivity contribution in [1.29, 1.82) is 0 Å². The second kappa shape index (κ2) is 10.2. The van der Waals surface area contributed by atoms with Gasteiger partial charge in [0.2, 0.25) is 0 Å². The minimum Gasteiger partial charge on any atom is -0.488 e. The van der Waals surface area contributed by atoms with E-state index in [2.05, 4.69) is 58.6 Å². The summed E-state index contributed by atoms with van der Waals surface area (Å²) in [4.78, 5) is 0. The molecule has 0 amide bonds. The van der Waals surface area contributed by atoms with E-state index in [-0.39, 0.29) is 11.5 Å². The molecule has 4 N–H and O–H groups in total. The molecule has 0 spiro atoms. The second-order valence-electron chi connectivity index (χ2n) is 13.5. The van der Waals surface area contributed by atoms with Gasteiger partial charge in [0.15, 0.2) is 0 Å². The molecule has 3 fully saturated rings. The molecule has 0 bridgehead atoms. The van der Waals surface area contributed by atoms with Crippen LogP contribution in [0.5, 0.6) is 5.75 Å². The lowest BCUT2D eigenvalue weighted by Crippen LogP contribution is -2.53. The molecule has 37 heavy (non-hydrogen) atoms. The van der Waals surface area contributed by atoms with E-state index in [9.17, 15) is 0 Å². The van der Waals surface area contributed by atoms with Crippen LogP contribution in [-0.4, -0.2) is 6.10 Å². The maximum atomic E-state index is 6.44. The van der Waals surface area contributed by atoms with Crippen molar-refractivity contribution in [3.05, 3.63) is 54.7 Å². The van der Waals surface area contributed by atoms with Gasteiger partial charge in [-0.25, -0.2) is 0 Å². The molecular formula is C34H50N2O. The topological polar surface area (TPSA) is 61.3 Å². The van der Waals surface area contributed by atoms with E-state index in [1.54, 1.807) is 6.07 Å². The van der Waals surface area contributed by atoms with Crippen LogP contribution in [0.3, 0.4) is 0 Å². The first-order valence-corrected chi connectivity index (χ1v) is 14.9. The molecule has 4 aliphatic rings. The molecule has 0 aliphatic heterocycles. The van der Waals surface area contributed by atoms with E-state index in [4.69, 9.17) is 16.2 Å². The Morgan fingerprint density at radius 3 is 2.65 bits per heavy atom. The van der Waals surface area contributed by atoms with Gasteiger partial charge in [0, 0.05) is 5.69 Å². The summed E-state index contributed by atoms with van der Waals surface area (Å²) in [6.07, 6.45) is 21.6. The molecule has 9 unspecified atom stereocenters. The Hall–Kier alpha value is -2.16. The highest BCUT2D eigenvalue weighted by Gasteiger charge is 2.60. The van der Waals surface area contributed by atoms with Crippen molar-refractivity contribution < 1.29 is 4.74 Å². The fourth-order valence-corrected chi connectivity index (χ4v) is 9.46. The van der Waals surface area contributed by atoms with Gasteiger partial charge in [0.25, 0.3) is 0 Å². The van der Waals surface area contributed by atoms with Crippen LogP contribution < -0.4 is 16.2 Å². The van der Waals surface area contributed by atoms with Crippen LogP contribution in [-0.2, 0) is 0 Å². The van der Waals surface area contributed by atoms with Gasteiger partial charge in [-0.15, -0.1) is 6.58 Å². The maximum Gasteiger partial charge on any atom is 0.142 e. The second-order valence-corrected chi connectivity index (χ2v) is 13.5. The van der Waals surface area contributed by atoms with Crippen LogP contribution in [0.15, 0.2) is 54.7 Å². The number of nitrogens with two attached hydrogens (primary N) is 2. The Labute approximate surface area is 225 Å². The Bertz CT molecular complexity index is 1050. The number of fused-ring (bicyclic) bond motifs is 5. The average Bonchev–Trinajstić information content (AvgIpc) is 3.22. The Morgan fingerprint density at radius 2 is 1.92 bits per heavy atom. The molecule has 0 aromatic heterocycles. The molecule has 4 aliphatic carbocycles. The van der Waals surface area contributed by atoms with Gasteiger partial charge in [0.05, 0.1) is 11.8 Å². The number of rotatable bonds is 7. The first kappa shape index (κ1) is 26.4. The van der Waals surface area contributed by atoms with E-state index in [1.807, 2.05) is 12.1 Å². The highest BCUT2D eigenvalue weighted by molar-refractivity contribution is 5.60. The lowest BCUT2D eigenvalue weighted by Gasteiger charge is -2.59. The third-order valence-electron chi connectivity index (χ3n) is 11.3. The SMILES string of the molecule is C=CC12CCC(Oc3ccc(N)cc3N)CC1C=CC1C3CCC(C(C)CCC=C(C)C)C3(C)CCC12. The smallest absolute Gasteiger partial charge is 0.142 e. The van der Waals surface area contributed by atoms with Crippen molar-refractivity contribution in [2.75, 3.05) is 11.5 Å². The molecule has 0 radical (unpaired) electrons. The van der Waals surface area contributed by atoms with Gasteiger partial charge < -0.3 is 16.2 Å². The number of allylic oxidation sites excluding steroid dienone is 5. The zero-order valence-corrected chi connectivity index (χ0v) is 23.7. The van der Waals surface area contributed by atoms with Crippen molar-refractivity contribution in [3.63, 3.8) is 0 Å². The number of benzene rings is 1. The van der Waals surface area contributed by atoms with Crippen molar-refractivity contribution in [2.24, 2.45) is 46.3 Å². The molecule has 1 aromatic rings. The average molecular weight is 503 g/mol. The van der Waals surface area contributed by atoms with Crippen LogP contribution in [0.1, 0.15) is 85.5 Å². The van der Waals surface area contributed by atoms with Gasteiger partial charge in [0.1, 0.15) is 5.75 Å². The minimum absolute atomic E-state index is 0.191. The standard InChI is InChI=1S/C34H50N2O/c1-6-34-19-16-26(37-32-15-11-25(35)21-31(32)36)20-24(34)10-12-27-29-14-13-28(23(4)9-7-8-22(2)3)33(29,5)18-17-30(27)34/h6,8,10-12,15,21,23-24,26-30H,1,7,9,13-14,16-20,35-36H2,2-5H3. The number of nitrogen functional groups attached to an aromatic ring is 2. The molecular weight excluding hydrogens is 452 g/mol. The van der Waals surface area contributed by atoms with Crippen molar-refractivity contribution in [1.82, 2.24) is 0 Å². The molecule has 3 nitrogen and oxygen atoms in total. The van der Waals surface area contributed by atoms with Crippen LogP contribution >= 0.6 is 0 Å². The molecule has 0 saturated heterocycles. The van der Waals surface area contributed by atoms with Gasteiger partial charge in [-0.3, -0.25) is 0 Å². The molecule has 3 saturated carbocycles. The van der Waals surface area contributed by atoms with Crippen LogP contribution in [0.2, 0.25) is 0 Å². The van der Waals surface area contributed by atoms with E-state index < -0.39 is 0 Å². The number of ether oxygens (including phenoxy) is 1. The van der Waals surface area contributed by atoms with Gasteiger partial charge in [-0.05, 0) is 136 Å². The van der Waals surface area contributed by atoms with E-state index in [0.29, 0.717) is 28.6 Å². The van der Waals surface area contributed by atoms with E-state index in [0.717, 1.165) is 48.7 Å². The van der Waals surface area contributed by atoms with Crippen molar-refractivity contribution in [2.45, 2.75) is 91.6 Å². The summed E-state index contributed by atoms with van der Waals surface area (Å²) in [5, 5.41) is 0. The lowest BCUT2D eigenvalue weighted by molar-refractivity contribution is -0.0641. The van der Waals surface area contributed by atoms with Crippen LogP contribution in [0.4, 0.5) is 11.4 Å². The highest BCUT2D eigenvalue weighted by atomic mass is 16.5. The molecule has 202 valence electrons. The normalized spacial score (nSPS) is 39.1. The van der Waals surface area contributed by atoms with Gasteiger partial charge in [-0.2, -0.15) is 0 Å². The minimum atomic E-state index is 0.191. The third-order valence-corrected chi connectivity index (χ3v) is 11.3. The van der Waals surface area contributed by atoms with Crippen LogP contribution in [0, 0.1) is 46.3 Å². The van der Waals surface area contributed by atoms with Crippen LogP contribution in [0.25, 0.3) is 0 Å². The van der Waals surface area contributed by atoms with E-state index >= 15 is 0 Å². The third kappa shape index (κ3) is 4.66. The monoisotopic (exact) mass is 502 g/mol. The predicted molar refractivity (Wildman–Crippen MR) is 157 cm³/mol. The molecule has 0 heterocycles. The fraction of sp³-hybridized carbons (Fsp3) is 0.647. The summed E-state index contributed by atoms with van der Waals surface area (Å²) in [6, 6.07) is 5.60. The van der Waals surface area contributed by atoms with Gasteiger partial charge in [-0.1, -0.05) is 43.7 Å². The highest BCUT2D eigenvalue weighted by Crippen LogP contribution is 2.67. The van der Waals surface area contributed by atoms with Gasteiger partial charge >= 0.3 is 0 Å². The first-order valence-electron chi connectivity index (χ1n) is 14.9. The van der Waals surface area contributed by atoms with Crippen molar-refractivity contribution >= 4 is 11.4 Å². The zero-order chi connectivity index (χ0) is 26.4. The molecule has 5 rings (SSSR count). The van der Waals surface area contributed by atoms with Crippen molar-refractivity contribution in [3.8, 4) is 5.75 Å². The Balaban J connectivity index is 1.32. The summed E-state index contributed by atoms with van der Waals surface area (Å²) in [5.41, 5.74) is 15.6. The summed E-state index contributed by atoms with van der Waals surface area (Å²) >= 11 is 0. The summed E-state index contributed by atoms with van der Waals surface area (Å²) < 4.78 is 6.44. The lowest BCUT2D eigenvalue weighted by atomic mass is 9.45. The fourth-order valence-electron chi connectivity index (χ4n) is 9.46. The maximum absolute atomic E-state index is 6.44. The molecule has 3 heteroatoms. The predicted octanol–water partition coefficient (Wildman–Crippen LogP) is 8.58. The first-order chi connectivity index (χ1) is 17.7. The summed E-state index contributed by atoms with van der Waals surface area (Å²) in [5.74, 6) is 5.19. The number of anilines is 2. The Morgan fingerprint density at radius 1 is 1.11 bits per heavy atom. The molecule has 1 aromatic carbocycles. The quantitative estimate of drug-likeness (QED) is 0.290. The summed E-state index contributed by atoms with van der Waals surface area (Å²) in [7, 11) is 0.